The lowest BCUT2D eigenvalue weighted by Crippen LogP contribution is -2.50. The number of hydrogen-bond donors (Lipinski definition) is 0. The molecule has 34 heavy (non-hydrogen) atoms. The zero-order chi connectivity index (χ0) is 24.5. The number of hydrogen-bond acceptors (Lipinski definition) is 5. The Labute approximate surface area is 198 Å². The van der Waals surface area contributed by atoms with E-state index in [0.29, 0.717) is 22.4 Å². The SMILES string of the molecule is CC(C)(C)OC(=O)N1C(=O)[C@](c2ccccc2)([C@@H](C[N+](=O)[O-])c2ccccc2)c2ccccc21. The topological polar surface area (TPSA) is 89.8 Å². The van der Waals surface area contributed by atoms with Gasteiger partial charge in [0.1, 0.15) is 11.0 Å². The quantitative estimate of drug-likeness (QED) is 0.382. The number of imide groups is 1. The lowest BCUT2D eigenvalue weighted by atomic mass is 9.64. The molecule has 1 aliphatic heterocycles. The van der Waals surface area contributed by atoms with E-state index >= 15 is 0 Å². The number of benzene rings is 3. The monoisotopic (exact) mass is 458 g/mol. The first kappa shape index (κ1) is 23.2. The van der Waals surface area contributed by atoms with Gasteiger partial charge in [0.2, 0.25) is 6.54 Å². The smallest absolute Gasteiger partial charge is 0.421 e. The number of para-hydroxylation sites is 1. The van der Waals surface area contributed by atoms with Gasteiger partial charge < -0.3 is 4.74 Å². The van der Waals surface area contributed by atoms with Gasteiger partial charge in [0.15, 0.2) is 0 Å². The first-order chi connectivity index (χ1) is 16.2. The number of anilines is 1. The molecule has 2 amide bonds. The molecule has 0 unspecified atom stereocenters. The Bertz CT molecular complexity index is 1220. The summed E-state index contributed by atoms with van der Waals surface area (Å²) in [7, 11) is 0. The van der Waals surface area contributed by atoms with Gasteiger partial charge in [0.05, 0.1) is 11.6 Å². The summed E-state index contributed by atoms with van der Waals surface area (Å²) in [6.07, 6.45) is -0.810. The molecule has 3 aromatic rings. The van der Waals surface area contributed by atoms with Crippen molar-refractivity contribution in [3.63, 3.8) is 0 Å². The van der Waals surface area contributed by atoms with Crippen molar-refractivity contribution < 1.29 is 19.2 Å². The fourth-order valence-electron chi connectivity index (χ4n) is 4.74. The summed E-state index contributed by atoms with van der Waals surface area (Å²) in [6, 6.07) is 24.9. The van der Waals surface area contributed by atoms with E-state index in [1.807, 2.05) is 12.1 Å². The molecule has 0 spiro atoms. The molecule has 0 aliphatic carbocycles. The van der Waals surface area contributed by atoms with Crippen molar-refractivity contribution in [3.05, 3.63) is 112 Å². The fourth-order valence-corrected chi connectivity index (χ4v) is 4.74. The third-order valence-electron chi connectivity index (χ3n) is 5.97. The van der Waals surface area contributed by atoms with E-state index in [2.05, 4.69) is 0 Å². The standard InChI is InChI=1S/C27H26N2O5/c1-26(2,3)34-25(31)29-23-17-11-10-16-21(23)27(24(29)30,20-14-8-5-9-15-20)22(18-28(32)33)19-12-6-4-7-13-19/h4-17,22H,18H2,1-3H3/t22-,27-/m0/s1. The van der Waals surface area contributed by atoms with Crippen LogP contribution in [-0.4, -0.2) is 29.1 Å². The summed E-state index contributed by atoms with van der Waals surface area (Å²) < 4.78 is 5.58. The minimum atomic E-state index is -1.50. The summed E-state index contributed by atoms with van der Waals surface area (Å²) >= 11 is 0. The maximum Gasteiger partial charge on any atom is 0.421 e. The van der Waals surface area contributed by atoms with E-state index in [9.17, 15) is 19.7 Å². The fraction of sp³-hybridized carbons (Fsp3) is 0.259. The van der Waals surface area contributed by atoms with Crippen LogP contribution >= 0.6 is 0 Å². The van der Waals surface area contributed by atoms with Crippen molar-refractivity contribution in [2.75, 3.05) is 11.4 Å². The van der Waals surface area contributed by atoms with E-state index in [1.54, 1.807) is 93.6 Å². The van der Waals surface area contributed by atoms with Gasteiger partial charge in [-0.05, 0) is 43.5 Å². The maximum atomic E-state index is 14.4. The van der Waals surface area contributed by atoms with Crippen molar-refractivity contribution >= 4 is 17.7 Å². The van der Waals surface area contributed by atoms with Gasteiger partial charge in [-0.1, -0.05) is 78.9 Å². The molecule has 0 aromatic heterocycles. The highest BCUT2D eigenvalue weighted by Gasteiger charge is 2.60. The largest absolute Gasteiger partial charge is 0.443 e. The summed E-state index contributed by atoms with van der Waals surface area (Å²) in [5, 5.41) is 11.9. The second kappa shape index (κ2) is 8.74. The predicted octanol–water partition coefficient (Wildman–Crippen LogP) is 5.31. The minimum Gasteiger partial charge on any atom is -0.443 e. The number of rotatable bonds is 5. The second-order valence-electron chi connectivity index (χ2n) is 9.29. The van der Waals surface area contributed by atoms with Gasteiger partial charge in [-0.25, -0.2) is 9.69 Å². The average molecular weight is 459 g/mol. The summed E-state index contributed by atoms with van der Waals surface area (Å²) in [4.78, 5) is 40.2. The Kier molecular flexibility index (Phi) is 5.96. The van der Waals surface area contributed by atoms with Gasteiger partial charge in [0.25, 0.3) is 5.91 Å². The first-order valence-electron chi connectivity index (χ1n) is 11.1. The Hall–Kier alpha value is -4.00. The summed E-state index contributed by atoms with van der Waals surface area (Å²) in [6.45, 7) is 4.67. The molecule has 0 bridgehead atoms. The first-order valence-corrected chi connectivity index (χ1v) is 11.1. The Morgan fingerprint density at radius 1 is 0.971 bits per heavy atom. The number of fused-ring (bicyclic) bond motifs is 1. The van der Waals surface area contributed by atoms with Crippen LogP contribution in [0.25, 0.3) is 0 Å². The molecule has 0 saturated carbocycles. The number of ether oxygens (including phenoxy) is 1. The van der Waals surface area contributed by atoms with E-state index in [1.165, 1.54) is 0 Å². The molecular formula is C27H26N2O5. The van der Waals surface area contributed by atoms with Gasteiger partial charge in [-0.3, -0.25) is 14.9 Å². The highest BCUT2D eigenvalue weighted by molar-refractivity contribution is 6.23. The van der Waals surface area contributed by atoms with E-state index < -0.39 is 40.4 Å². The average Bonchev–Trinajstić information content (AvgIpc) is 3.06. The number of nitro groups is 1. The van der Waals surface area contributed by atoms with Crippen LogP contribution in [0.1, 0.15) is 43.4 Å². The van der Waals surface area contributed by atoms with Crippen LogP contribution in [0.5, 0.6) is 0 Å². The molecule has 174 valence electrons. The predicted molar refractivity (Wildman–Crippen MR) is 128 cm³/mol. The number of carbonyl (C=O) groups is 2. The molecule has 1 aliphatic rings. The van der Waals surface area contributed by atoms with E-state index in [4.69, 9.17) is 4.74 Å². The van der Waals surface area contributed by atoms with Crippen molar-refractivity contribution in [3.8, 4) is 0 Å². The number of amides is 2. The van der Waals surface area contributed by atoms with Crippen LogP contribution in [0.3, 0.4) is 0 Å². The van der Waals surface area contributed by atoms with Crippen molar-refractivity contribution in [1.82, 2.24) is 0 Å². The number of nitrogens with zero attached hydrogens (tertiary/aromatic N) is 2. The van der Waals surface area contributed by atoms with Crippen LogP contribution in [0.15, 0.2) is 84.9 Å². The molecule has 3 aromatic carbocycles. The van der Waals surface area contributed by atoms with Crippen molar-refractivity contribution in [2.45, 2.75) is 37.7 Å². The van der Waals surface area contributed by atoms with Gasteiger partial charge in [0, 0.05) is 4.92 Å². The zero-order valence-corrected chi connectivity index (χ0v) is 19.3. The van der Waals surface area contributed by atoms with E-state index in [-0.39, 0.29) is 0 Å². The molecular weight excluding hydrogens is 432 g/mol. The normalized spacial score (nSPS) is 18.3. The Morgan fingerprint density at radius 2 is 1.53 bits per heavy atom. The zero-order valence-electron chi connectivity index (χ0n) is 19.3. The second-order valence-corrected chi connectivity index (χ2v) is 9.29. The lowest BCUT2D eigenvalue weighted by molar-refractivity contribution is -0.484. The molecule has 7 heteroatoms. The molecule has 0 saturated heterocycles. The molecule has 7 nitrogen and oxygen atoms in total. The summed E-state index contributed by atoms with van der Waals surface area (Å²) in [5.74, 6) is -1.43. The maximum absolute atomic E-state index is 14.4. The van der Waals surface area contributed by atoms with Crippen molar-refractivity contribution in [1.29, 1.82) is 0 Å². The molecule has 0 fully saturated rings. The van der Waals surface area contributed by atoms with Crippen LogP contribution < -0.4 is 4.90 Å². The Balaban J connectivity index is 2.03. The highest BCUT2D eigenvalue weighted by atomic mass is 16.6. The van der Waals surface area contributed by atoms with Crippen molar-refractivity contribution in [2.24, 2.45) is 0 Å². The van der Waals surface area contributed by atoms with Crippen LogP contribution in [0, 0.1) is 10.1 Å². The third kappa shape index (κ3) is 3.94. The number of carbonyl (C=O) groups excluding carboxylic acids is 2. The van der Waals surface area contributed by atoms with Crippen LogP contribution in [0.4, 0.5) is 10.5 Å². The van der Waals surface area contributed by atoms with E-state index in [0.717, 1.165) is 4.90 Å². The molecule has 0 radical (unpaired) electrons. The van der Waals surface area contributed by atoms with Gasteiger partial charge in [-0.15, -0.1) is 0 Å². The van der Waals surface area contributed by atoms with Crippen LogP contribution in [-0.2, 0) is 14.9 Å². The molecule has 1 heterocycles. The molecule has 4 rings (SSSR count). The minimum absolute atomic E-state index is 0.370. The molecule has 2 atom stereocenters. The molecule has 0 N–H and O–H groups in total. The van der Waals surface area contributed by atoms with Gasteiger partial charge in [-0.2, -0.15) is 0 Å². The Morgan fingerprint density at radius 3 is 2.12 bits per heavy atom. The third-order valence-corrected chi connectivity index (χ3v) is 5.97. The highest BCUT2D eigenvalue weighted by Crippen LogP contribution is 2.54. The van der Waals surface area contributed by atoms with Gasteiger partial charge >= 0.3 is 6.09 Å². The lowest BCUT2D eigenvalue weighted by Gasteiger charge is -2.35. The summed E-state index contributed by atoms with van der Waals surface area (Å²) in [5.41, 5.74) is -0.207. The van der Waals surface area contributed by atoms with Crippen LogP contribution in [0.2, 0.25) is 0 Å².